The number of thioether (sulfide) groups is 1. The number of carbonyl (C=O) groups excluding carboxylic acids is 2. The lowest BCUT2D eigenvalue weighted by Gasteiger charge is -2.30. The summed E-state index contributed by atoms with van der Waals surface area (Å²) in [6.45, 7) is 5.66. The van der Waals surface area contributed by atoms with Crippen molar-refractivity contribution >= 4 is 34.7 Å². The van der Waals surface area contributed by atoms with Crippen molar-refractivity contribution in [2.24, 2.45) is 5.92 Å². The maximum absolute atomic E-state index is 12.5. The van der Waals surface area contributed by atoms with Gasteiger partial charge in [-0.3, -0.25) is 9.59 Å². The van der Waals surface area contributed by atoms with Crippen LogP contribution >= 0.6 is 11.8 Å². The van der Waals surface area contributed by atoms with Crippen molar-refractivity contribution in [3.05, 3.63) is 36.9 Å². The van der Waals surface area contributed by atoms with E-state index in [0.29, 0.717) is 38.2 Å². The maximum Gasteiger partial charge on any atom is 0.308 e. The van der Waals surface area contributed by atoms with E-state index in [-0.39, 0.29) is 17.8 Å². The summed E-state index contributed by atoms with van der Waals surface area (Å²) in [6, 6.07) is 7.93. The second-order valence-corrected chi connectivity index (χ2v) is 7.19. The first-order valence-electron chi connectivity index (χ1n) is 8.68. The van der Waals surface area contributed by atoms with Gasteiger partial charge in [0.1, 0.15) is 0 Å². The van der Waals surface area contributed by atoms with Crippen LogP contribution in [-0.4, -0.2) is 52.3 Å². The van der Waals surface area contributed by atoms with Crippen molar-refractivity contribution in [1.82, 2.24) is 14.5 Å². The number of hydrogen-bond donors (Lipinski definition) is 0. The fraction of sp³-hybridized carbons (Fsp3) is 0.421. The lowest BCUT2D eigenvalue weighted by Crippen LogP contribution is -2.41. The molecule has 1 amide bonds. The molecule has 0 aliphatic carbocycles. The molecule has 0 atom stereocenters. The first-order valence-corrected chi connectivity index (χ1v) is 9.67. The van der Waals surface area contributed by atoms with E-state index in [0.717, 1.165) is 16.2 Å². The number of esters is 1. The summed E-state index contributed by atoms with van der Waals surface area (Å²) in [5.41, 5.74) is 1.96. The Kier molecular flexibility index (Phi) is 5.98. The molecule has 0 N–H and O–H groups in total. The van der Waals surface area contributed by atoms with Crippen LogP contribution in [0.4, 0.5) is 0 Å². The minimum absolute atomic E-state index is 0.0792. The van der Waals surface area contributed by atoms with E-state index in [2.05, 4.69) is 16.1 Å². The summed E-state index contributed by atoms with van der Waals surface area (Å²) in [5.74, 6) is 0.150. The number of para-hydroxylation sites is 2. The molecular formula is C19H23N3O3S. The minimum atomic E-state index is -0.176. The standard InChI is InChI=1S/C19H23N3O3S/c1-3-10-22-16-7-5-4-6-15(16)20-19(22)26-13-17(23)21-11-8-14(9-12-21)18(24)25-2/h3-7,14H,1,8-13H2,2H3. The molecule has 0 radical (unpaired) electrons. The summed E-state index contributed by atoms with van der Waals surface area (Å²) < 4.78 is 6.86. The van der Waals surface area contributed by atoms with Crippen molar-refractivity contribution in [2.75, 3.05) is 26.0 Å². The molecule has 1 fully saturated rings. The van der Waals surface area contributed by atoms with Crippen LogP contribution in [0.3, 0.4) is 0 Å². The van der Waals surface area contributed by atoms with Crippen LogP contribution in [0, 0.1) is 5.92 Å². The zero-order valence-electron chi connectivity index (χ0n) is 14.9. The average Bonchev–Trinajstić information content (AvgIpc) is 3.03. The van der Waals surface area contributed by atoms with Gasteiger partial charge in [-0.05, 0) is 25.0 Å². The molecule has 0 bridgehead atoms. The number of amides is 1. The number of aromatic nitrogens is 2. The molecule has 7 heteroatoms. The van der Waals surface area contributed by atoms with Crippen LogP contribution in [0.5, 0.6) is 0 Å². The molecule has 1 aliphatic rings. The molecule has 26 heavy (non-hydrogen) atoms. The van der Waals surface area contributed by atoms with Crippen molar-refractivity contribution in [2.45, 2.75) is 24.5 Å². The number of allylic oxidation sites excluding steroid dienone is 1. The van der Waals surface area contributed by atoms with E-state index in [1.54, 1.807) is 0 Å². The smallest absolute Gasteiger partial charge is 0.308 e. The summed E-state index contributed by atoms with van der Waals surface area (Å²) in [6.07, 6.45) is 3.16. The van der Waals surface area contributed by atoms with E-state index in [4.69, 9.17) is 4.74 Å². The van der Waals surface area contributed by atoms with Gasteiger partial charge in [-0.25, -0.2) is 4.98 Å². The second kappa shape index (κ2) is 8.40. The quantitative estimate of drug-likeness (QED) is 0.443. The Hall–Kier alpha value is -2.28. The number of carbonyl (C=O) groups is 2. The van der Waals surface area contributed by atoms with Gasteiger partial charge in [0.05, 0.1) is 29.8 Å². The van der Waals surface area contributed by atoms with Crippen molar-refractivity contribution in [3.8, 4) is 0 Å². The molecule has 0 unspecified atom stereocenters. The van der Waals surface area contributed by atoms with Gasteiger partial charge in [-0.2, -0.15) is 0 Å². The molecule has 1 aliphatic heterocycles. The van der Waals surface area contributed by atoms with Crippen LogP contribution in [0.15, 0.2) is 42.1 Å². The summed E-state index contributed by atoms with van der Waals surface area (Å²) in [7, 11) is 1.41. The Morgan fingerprint density at radius 3 is 2.77 bits per heavy atom. The molecule has 2 aromatic rings. The van der Waals surface area contributed by atoms with Gasteiger partial charge in [0.2, 0.25) is 5.91 Å². The highest BCUT2D eigenvalue weighted by molar-refractivity contribution is 7.99. The van der Waals surface area contributed by atoms with Crippen molar-refractivity contribution in [1.29, 1.82) is 0 Å². The predicted molar refractivity (Wildman–Crippen MR) is 102 cm³/mol. The third kappa shape index (κ3) is 3.93. The topological polar surface area (TPSA) is 64.4 Å². The summed E-state index contributed by atoms with van der Waals surface area (Å²) in [4.78, 5) is 30.6. The van der Waals surface area contributed by atoms with Gasteiger partial charge in [-0.1, -0.05) is 30.0 Å². The maximum atomic E-state index is 12.5. The third-order valence-electron chi connectivity index (χ3n) is 4.64. The Morgan fingerprint density at radius 2 is 2.08 bits per heavy atom. The molecule has 1 aromatic carbocycles. The van der Waals surface area contributed by atoms with Gasteiger partial charge < -0.3 is 14.2 Å². The van der Waals surface area contributed by atoms with E-state index in [1.165, 1.54) is 18.9 Å². The van der Waals surface area contributed by atoms with E-state index < -0.39 is 0 Å². The molecule has 0 spiro atoms. The molecule has 1 saturated heterocycles. The Balaban J connectivity index is 1.61. The summed E-state index contributed by atoms with van der Waals surface area (Å²) in [5, 5.41) is 0.823. The highest BCUT2D eigenvalue weighted by Gasteiger charge is 2.28. The number of piperidine rings is 1. The molecule has 6 nitrogen and oxygen atoms in total. The molecule has 138 valence electrons. The van der Waals surface area contributed by atoms with Crippen LogP contribution < -0.4 is 0 Å². The highest BCUT2D eigenvalue weighted by atomic mass is 32.2. The molecule has 2 heterocycles. The first kappa shape index (κ1) is 18.5. The molecule has 0 saturated carbocycles. The van der Waals surface area contributed by atoms with Crippen LogP contribution in [0.1, 0.15) is 12.8 Å². The number of rotatable bonds is 6. The van der Waals surface area contributed by atoms with Gasteiger partial charge >= 0.3 is 5.97 Å². The number of nitrogens with zero attached hydrogens (tertiary/aromatic N) is 3. The fourth-order valence-electron chi connectivity index (χ4n) is 3.22. The van der Waals surface area contributed by atoms with E-state index in [1.807, 2.05) is 35.2 Å². The average molecular weight is 373 g/mol. The number of benzene rings is 1. The molecular weight excluding hydrogens is 350 g/mol. The zero-order valence-corrected chi connectivity index (χ0v) is 15.7. The number of fused-ring (bicyclic) bond motifs is 1. The lowest BCUT2D eigenvalue weighted by molar-refractivity contribution is -0.148. The number of ether oxygens (including phenoxy) is 1. The second-order valence-electron chi connectivity index (χ2n) is 6.25. The fourth-order valence-corrected chi connectivity index (χ4v) is 4.14. The highest BCUT2D eigenvalue weighted by Crippen LogP contribution is 2.25. The van der Waals surface area contributed by atoms with Gasteiger partial charge in [0, 0.05) is 19.6 Å². The number of hydrogen-bond acceptors (Lipinski definition) is 5. The largest absolute Gasteiger partial charge is 0.469 e. The molecule has 1 aromatic heterocycles. The van der Waals surface area contributed by atoms with Gasteiger partial charge in [-0.15, -0.1) is 6.58 Å². The molecule has 3 rings (SSSR count). The van der Waals surface area contributed by atoms with E-state index >= 15 is 0 Å². The van der Waals surface area contributed by atoms with Crippen LogP contribution in [-0.2, 0) is 20.9 Å². The normalized spacial score (nSPS) is 15.2. The zero-order chi connectivity index (χ0) is 18.5. The third-order valence-corrected chi connectivity index (χ3v) is 5.60. The SMILES string of the molecule is C=CCn1c(SCC(=O)N2CCC(C(=O)OC)CC2)nc2ccccc21. The number of likely N-dealkylation sites (tertiary alicyclic amines) is 1. The Morgan fingerprint density at radius 1 is 1.35 bits per heavy atom. The Labute approximate surface area is 157 Å². The van der Waals surface area contributed by atoms with Crippen molar-refractivity contribution < 1.29 is 14.3 Å². The van der Waals surface area contributed by atoms with Gasteiger partial charge in [0.15, 0.2) is 5.16 Å². The minimum Gasteiger partial charge on any atom is -0.469 e. The van der Waals surface area contributed by atoms with Crippen molar-refractivity contribution in [3.63, 3.8) is 0 Å². The van der Waals surface area contributed by atoms with Gasteiger partial charge in [0.25, 0.3) is 0 Å². The number of methoxy groups -OCH3 is 1. The number of imidazole rings is 1. The Bertz CT molecular complexity index is 809. The monoisotopic (exact) mass is 373 g/mol. The first-order chi connectivity index (χ1) is 12.6. The summed E-state index contributed by atoms with van der Waals surface area (Å²) >= 11 is 1.45. The lowest BCUT2D eigenvalue weighted by atomic mass is 9.97. The van der Waals surface area contributed by atoms with E-state index in [9.17, 15) is 9.59 Å². The van der Waals surface area contributed by atoms with Crippen LogP contribution in [0.2, 0.25) is 0 Å². The van der Waals surface area contributed by atoms with Crippen LogP contribution in [0.25, 0.3) is 11.0 Å². The predicted octanol–water partition coefficient (Wildman–Crippen LogP) is 2.73.